The molecule has 0 atom stereocenters. The summed E-state index contributed by atoms with van der Waals surface area (Å²) >= 11 is 0. The fourth-order valence-electron chi connectivity index (χ4n) is 1.05. The van der Waals surface area contributed by atoms with Crippen LogP contribution in [-0.2, 0) is 13.0 Å². The summed E-state index contributed by atoms with van der Waals surface area (Å²) in [6, 6.07) is 1.98. The van der Waals surface area contributed by atoms with E-state index in [1.165, 1.54) is 12.8 Å². The first-order valence-electron chi connectivity index (χ1n) is 4.36. The molecule has 0 radical (unpaired) electrons. The van der Waals surface area contributed by atoms with Crippen LogP contribution in [-0.4, -0.2) is 9.97 Å². The summed E-state index contributed by atoms with van der Waals surface area (Å²) in [6.45, 7) is 2.67. The van der Waals surface area contributed by atoms with Crippen LogP contribution in [0.2, 0.25) is 0 Å². The minimum absolute atomic E-state index is 0.502. The quantitative estimate of drug-likeness (QED) is 0.731. The maximum absolute atomic E-state index is 5.46. The van der Waals surface area contributed by atoms with Gasteiger partial charge < -0.3 is 5.73 Å². The number of nitrogens with two attached hydrogens (primary N) is 1. The van der Waals surface area contributed by atoms with Gasteiger partial charge >= 0.3 is 0 Å². The third-order valence-corrected chi connectivity index (χ3v) is 1.78. The van der Waals surface area contributed by atoms with Gasteiger partial charge in [-0.25, -0.2) is 9.97 Å². The van der Waals surface area contributed by atoms with Crippen molar-refractivity contribution >= 4 is 0 Å². The van der Waals surface area contributed by atoms with Gasteiger partial charge in [0, 0.05) is 12.2 Å². The highest BCUT2D eigenvalue weighted by Crippen LogP contribution is 2.02. The van der Waals surface area contributed by atoms with Crippen LogP contribution in [0.15, 0.2) is 12.4 Å². The number of aryl methyl sites for hydroxylation is 1. The van der Waals surface area contributed by atoms with Gasteiger partial charge in [-0.05, 0) is 18.9 Å². The molecule has 0 saturated heterocycles. The second-order valence-corrected chi connectivity index (χ2v) is 2.81. The second kappa shape index (κ2) is 4.83. The first-order valence-corrected chi connectivity index (χ1v) is 4.36. The molecule has 0 unspecified atom stereocenters. The van der Waals surface area contributed by atoms with E-state index in [0.717, 1.165) is 17.8 Å². The first-order chi connectivity index (χ1) is 5.86. The lowest BCUT2D eigenvalue weighted by Crippen LogP contribution is -2.01. The lowest BCUT2D eigenvalue weighted by atomic mass is 10.2. The van der Waals surface area contributed by atoms with Gasteiger partial charge in [0.1, 0.15) is 6.33 Å². The minimum Gasteiger partial charge on any atom is -0.325 e. The maximum Gasteiger partial charge on any atom is 0.115 e. The van der Waals surface area contributed by atoms with E-state index in [9.17, 15) is 0 Å². The van der Waals surface area contributed by atoms with Crippen LogP contribution < -0.4 is 5.73 Å². The summed E-state index contributed by atoms with van der Waals surface area (Å²) in [5.41, 5.74) is 7.49. The highest BCUT2D eigenvalue weighted by molar-refractivity contribution is 5.07. The van der Waals surface area contributed by atoms with Crippen molar-refractivity contribution in [1.82, 2.24) is 9.97 Å². The highest BCUT2D eigenvalue weighted by Gasteiger charge is 1.95. The summed E-state index contributed by atoms with van der Waals surface area (Å²) in [5, 5.41) is 0. The molecule has 0 bridgehead atoms. The van der Waals surface area contributed by atoms with E-state index in [0.29, 0.717) is 6.54 Å². The number of hydrogen-bond acceptors (Lipinski definition) is 3. The van der Waals surface area contributed by atoms with Crippen LogP contribution in [0.3, 0.4) is 0 Å². The summed E-state index contributed by atoms with van der Waals surface area (Å²) in [5.74, 6) is 0. The molecule has 0 fully saturated rings. The number of rotatable bonds is 4. The Bertz CT molecular complexity index is 235. The molecule has 0 aliphatic heterocycles. The van der Waals surface area contributed by atoms with Gasteiger partial charge in [-0.1, -0.05) is 13.3 Å². The molecule has 3 nitrogen and oxygen atoms in total. The van der Waals surface area contributed by atoms with Crippen LogP contribution >= 0.6 is 0 Å². The van der Waals surface area contributed by atoms with Crippen molar-refractivity contribution < 1.29 is 0 Å². The lowest BCUT2D eigenvalue weighted by molar-refractivity contribution is 0.767. The van der Waals surface area contributed by atoms with E-state index in [-0.39, 0.29) is 0 Å². The topological polar surface area (TPSA) is 51.8 Å². The molecule has 1 aromatic rings. The van der Waals surface area contributed by atoms with Gasteiger partial charge in [-0.2, -0.15) is 0 Å². The van der Waals surface area contributed by atoms with Crippen molar-refractivity contribution in [3.63, 3.8) is 0 Å². The Balaban J connectivity index is 2.60. The SMILES string of the molecule is CCCCc1cc(CN)ncn1. The molecule has 0 saturated carbocycles. The van der Waals surface area contributed by atoms with Gasteiger partial charge in [-0.3, -0.25) is 0 Å². The Morgan fingerprint density at radius 1 is 1.33 bits per heavy atom. The summed E-state index contributed by atoms with van der Waals surface area (Å²) in [7, 11) is 0. The van der Waals surface area contributed by atoms with Gasteiger partial charge in [0.15, 0.2) is 0 Å². The second-order valence-electron chi connectivity index (χ2n) is 2.81. The number of unbranched alkanes of at least 4 members (excludes halogenated alkanes) is 1. The van der Waals surface area contributed by atoms with Crippen LogP contribution in [0, 0.1) is 0 Å². The van der Waals surface area contributed by atoms with Crippen molar-refractivity contribution in [2.24, 2.45) is 5.73 Å². The highest BCUT2D eigenvalue weighted by atomic mass is 14.8. The van der Waals surface area contributed by atoms with Crippen LogP contribution in [0.4, 0.5) is 0 Å². The molecule has 1 heterocycles. The molecule has 0 aromatic carbocycles. The molecule has 1 rings (SSSR count). The standard InChI is InChI=1S/C9H15N3/c1-2-3-4-8-5-9(6-10)12-7-11-8/h5,7H,2-4,6,10H2,1H3. The Hall–Kier alpha value is -0.960. The number of nitrogens with zero attached hydrogens (tertiary/aromatic N) is 2. The average molecular weight is 165 g/mol. The van der Waals surface area contributed by atoms with E-state index in [1.54, 1.807) is 6.33 Å². The van der Waals surface area contributed by atoms with E-state index >= 15 is 0 Å². The first kappa shape index (κ1) is 9.13. The fourth-order valence-corrected chi connectivity index (χ4v) is 1.05. The molecule has 0 aliphatic carbocycles. The third kappa shape index (κ3) is 2.58. The van der Waals surface area contributed by atoms with E-state index in [1.807, 2.05) is 6.07 Å². The Labute approximate surface area is 73.0 Å². The molecule has 12 heavy (non-hydrogen) atoms. The lowest BCUT2D eigenvalue weighted by Gasteiger charge is -1.99. The normalized spacial score (nSPS) is 10.2. The van der Waals surface area contributed by atoms with Gasteiger partial charge in [0.05, 0.1) is 5.69 Å². The fraction of sp³-hybridized carbons (Fsp3) is 0.556. The smallest absolute Gasteiger partial charge is 0.115 e. The van der Waals surface area contributed by atoms with Crippen LogP contribution in [0.1, 0.15) is 31.2 Å². The van der Waals surface area contributed by atoms with E-state index < -0.39 is 0 Å². The molecule has 0 aliphatic rings. The zero-order valence-corrected chi connectivity index (χ0v) is 7.45. The number of hydrogen-bond donors (Lipinski definition) is 1. The van der Waals surface area contributed by atoms with Crippen molar-refractivity contribution in [3.8, 4) is 0 Å². The van der Waals surface area contributed by atoms with Crippen molar-refractivity contribution in [2.75, 3.05) is 0 Å². The van der Waals surface area contributed by atoms with Gasteiger partial charge in [-0.15, -0.1) is 0 Å². The maximum atomic E-state index is 5.46. The van der Waals surface area contributed by atoms with E-state index in [2.05, 4.69) is 16.9 Å². The predicted molar refractivity (Wildman–Crippen MR) is 48.5 cm³/mol. The molecule has 3 heteroatoms. The molecular formula is C9H15N3. The zero-order valence-electron chi connectivity index (χ0n) is 7.45. The molecule has 66 valence electrons. The Morgan fingerprint density at radius 2 is 2.08 bits per heavy atom. The van der Waals surface area contributed by atoms with Crippen LogP contribution in [0.25, 0.3) is 0 Å². The Morgan fingerprint density at radius 3 is 2.75 bits per heavy atom. The number of aromatic nitrogens is 2. The van der Waals surface area contributed by atoms with Crippen LogP contribution in [0.5, 0.6) is 0 Å². The average Bonchev–Trinajstić information content (AvgIpc) is 2.15. The molecule has 2 N–H and O–H groups in total. The molecule has 0 amide bonds. The third-order valence-electron chi connectivity index (χ3n) is 1.78. The van der Waals surface area contributed by atoms with Gasteiger partial charge in [0.25, 0.3) is 0 Å². The molecular weight excluding hydrogens is 150 g/mol. The summed E-state index contributed by atoms with van der Waals surface area (Å²) in [6.07, 6.45) is 5.00. The largest absolute Gasteiger partial charge is 0.325 e. The molecule has 1 aromatic heterocycles. The summed E-state index contributed by atoms with van der Waals surface area (Å²) < 4.78 is 0. The van der Waals surface area contributed by atoms with Crippen molar-refractivity contribution in [3.05, 3.63) is 23.8 Å². The zero-order chi connectivity index (χ0) is 8.81. The monoisotopic (exact) mass is 165 g/mol. The predicted octanol–water partition coefficient (Wildman–Crippen LogP) is 1.28. The van der Waals surface area contributed by atoms with Gasteiger partial charge in [0.2, 0.25) is 0 Å². The molecule has 0 spiro atoms. The minimum atomic E-state index is 0.502. The van der Waals surface area contributed by atoms with Crippen molar-refractivity contribution in [1.29, 1.82) is 0 Å². The summed E-state index contributed by atoms with van der Waals surface area (Å²) in [4.78, 5) is 8.19. The van der Waals surface area contributed by atoms with E-state index in [4.69, 9.17) is 5.73 Å². The van der Waals surface area contributed by atoms with Crippen molar-refractivity contribution in [2.45, 2.75) is 32.7 Å². The Kier molecular flexibility index (Phi) is 3.67.